The Morgan fingerprint density at radius 2 is 0.868 bits per heavy atom. The standard InChI is InChI=1S/C34H56N2O2/c1-5-9-19-35(20-10-6-2)23-25-37-29-31-15-13-17-33(27-31)34-18-14-16-32(28-34)30-38-26-24-36(21-11-7-3)22-12-8-4/h13-18,27-28H,5-12,19-26,29-30H2,1-4H3. The molecule has 0 aliphatic rings. The summed E-state index contributed by atoms with van der Waals surface area (Å²) in [5.41, 5.74) is 4.95. The maximum Gasteiger partial charge on any atom is 0.0717 e. The fraction of sp³-hybridized carbons (Fsp3) is 0.647. The molecule has 0 saturated heterocycles. The molecule has 0 aromatic heterocycles. The molecule has 0 bridgehead atoms. The second-order valence-corrected chi connectivity index (χ2v) is 10.6. The smallest absolute Gasteiger partial charge is 0.0717 e. The van der Waals surface area contributed by atoms with Gasteiger partial charge in [-0.2, -0.15) is 0 Å². The molecule has 2 rings (SSSR count). The van der Waals surface area contributed by atoms with Gasteiger partial charge in [0.1, 0.15) is 0 Å². The summed E-state index contributed by atoms with van der Waals surface area (Å²) in [7, 11) is 0. The van der Waals surface area contributed by atoms with Crippen LogP contribution in [0.4, 0.5) is 0 Å². The van der Waals surface area contributed by atoms with E-state index in [1.807, 2.05) is 0 Å². The van der Waals surface area contributed by atoms with Crippen LogP contribution in [0.3, 0.4) is 0 Å². The molecule has 0 aliphatic heterocycles. The lowest BCUT2D eigenvalue weighted by atomic mass is 10.0. The molecule has 0 atom stereocenters. The Morgan fingerprint density at radius 3 is 1.21 bits per heavy atom. The maximum absolute atomic E-state index is 6.09. The number of benzene rings is 2. The number of hydrogen-bond donors (Lipinski definition) is 0. The van der Waals surface area contributed by atoms with Crippen molar-refractivity contribution in [3.63, 3.8) is 0 Å². The lowest BCUT2D eigenvalue weighted by Gasteiger charge is -2.21. The fourth-order valence-corrected chi connectivity index (χ4v) is 4.65. The third-order valence-corrected chi connectivity index (χ3v) is 7.14. The van der Waals surface area contributed by atoms with Crippen molar-refractivity contribution in [2.75, 3.05) is 52.5 Å². The molecule has 0 N–H and O–H groups in total. The van der Waals surface area contributed by atoms with Gasteiger partial charge in [0, 0.05) is 13.1 Å². The van der Waals surface area contributed by atoms with Crippen molar-refractivity contribution < 1.29 is 9.47 Å². The zero-order valence-electron chi connectivity index (χ0n) is 25.1. The van der Waals surface area contributed by atoms with Gasteiger partial charge in [0.05, 0.1) is 26.4 Å². The lowest BCUT2D eigenvalue weighted by Crippen LogP contribution is -2.29. The lowest BCUT2D eigenvalue weighted by molar-refractivity contribution is 0.0914. The fourth-order valence-electron chi connectivity index (χ4n) is 4.65. The van der Waals surface area contributed by atoms with E-state index in [1.54, 1.807) is 0 Å². The summed E-state index contributed by atoms with van der Waals surface area (Å²) in [4.78, 5) is 5.12. The molecule has 0 heterocycles. The zero-order valence-corrected chi connectivity index (χ0v) is 25.1. The SMILES string of the molecule is CCCCN(CCCC)CCOCc1cccc(-c2cccc(COCCN(CCCC)CCCC)c2)c1. The molecule has 0 saturated carbocycles. The largest absolute Gasteiger partial charge is 0.375 e. The highest BCUT2D eigenvalue weighted by atomic mass is 16.5. The molecular formula is C34H56N2O2. The maximum atomic E-state index is 6.09. The number of rotatable bonds is 23. The molecule has 2 aromatic rings. The molecule has 0 fully saturated rings. The van der Waals surface area contributed by atoms with Gasteiger partial charge in [-0.3, -0.25) is 0 Å². The van der Waals surface area contributed by atoms with Gasteiger partial charge in [0.2, 0.25) is 0 Å². The monoisotopic (exact) mass is 524 g/mol. The Labute approximate surface area is 234 Å². The average molecular weight is 525 g/mol. The van der Waals surface area contributed by atoms with Gasteiger partial charge in [0.15, 0.2) is 0 Å². The van der Waals surface area contributed by atoms with E-state index < -0.39 is 0 Å². The molecule has 4 heteroatoms. The highest BCUT2D eigenvalue weighted by molar-refractivity contribution is 5.64. The van der Waals surface area contributed by atoms with Crippen molar-refractivity contribution in [2.24, 2.45) is 0 Å². The third kappa shape index (κ3) is 13.9. The van der Waals surface area contributed by atoms with E-state index in [4.69, 9.17) is 9.47 Å². The average Bonchev–Trinajstić information content (AvgIpc) is 2.95. The molecule has 0 amide bonds. The van der Waals surface area contributed by atoms with Crippen molar-refractivity contribution in [3.05, 3.63) is 59.7 Å². The minimum absolute atomic E-state index is 0.665. The van der Waals surface area contributed by atoms with Crippen LogP contribution >= 0.6 is 0 Å². The van der Waals surface area contributed by atoms with Gasteiger partial charge in [-0.15, -0.1) is 0 Å². The number of ether oxygens (including phenoxy) is 2. The van der Waals surface area contributed by atoms with Crippen LogP contribution in [-0.4, -0.2) is 62.3 Å². The second-order valence-electron chi connectivity index (χ2n) is 10.6. The van der Waals surface area contributed by atoms with Crippen molar-refractivity contribution in [1.82, 2.24) is 9.80 Å². The summed E-state index contributed by atoms with van der Waals surface area (Å²) >= 11 is 0. The summed E-state index contributed by atoms with van der Waals surface area (Å²) in [6.45, 7) is 18.8. The van der Waals surface area contributed by atoms with Crippen LogP contribution in [0.2, 0.25) is 0 Å². The van der Waals surface area contributed by atoms with Crippen LogP contribution in [0.5, 0.6) is 0 Å². The summed E-state index contributed by atoms with van der Waals surface area (Å²) < 4.78 is 12.2. The zero-order chi connectivity index (χ0) is 27.3. The van der Waals surface area contributed by atoms with Crippen LogP contribution in [0, 0.1) is 0 Å². The van der Waals surface area contributed by atoms with Crippen molar-refractivity contribution in [1.29, 1.82) is 0 Å². The van der Waals surface area contributed by atoms with Crippen LogP contribution in [0.15, 0.2) is 48.5 Å². The van der Waals surface area contributed by atoms with Gasteiger partial charge in [-0.1, -0.05) is 89.8 Å². The van der Waals surface area contributed by atoms with Gasteiger partial charge in [-0.05, 0) is 86.2 Å². The Morgan fingerprint density at radius 1 is 0.500 bits per heavy atom. The molecule has 4 nitrogen and oxygen atoms in total. The van der Waals surface area contributed by atoms with Gasteiger partial charge >= 0.3 is 0 Å². The Balaban J connectivity index is 1.82. The molecule has 0 spiro atoms. The minimum Gasteiger partial charge on any atom is -0.375 e. The predicted octanol–water partition coefficient (Wildman–Crippen LogP) is 8.19. The van der Waals surface area contributed by atoms with Crippen LogP contribution in [0.25, 0.3) is 11.1 Å². The first-order chi connectivity index (χ1) is 18.7. The first-order valence-corrected chi connectivity index (χ1v) is 15.5. The van der Waals surface area contributed by atoms with Crippen molar-refractivity contribution >= 4 is 0 Å². The molecule has 214 valence electrons. The first-order valence-electron chi connectivity index (χ1n) is 15.5. The highest BCUT2D eigenvalue weighted by Gasteiger charge is 2.07. The Kier molecular flexibility index (Phi) is 18.1. The van der Waals surface area contributed by atoms with E-state index in [1.165, 1.54) is 99.8 Å². The summed E-state index contributed by atoms with van der Waals surface area (Å²) in [5, 5.41) is 0. The van der Waals surface area contributed by atoms with E-state index >= 15 is 0 Å². The van der Waals surface area contributed by atoms with Crippen LogP contribution < -0.4 is 0 Å². The van der Waals surface area contributed by atoms with E-state index in [2.05, 4.69) is 86.0 Å². The summed E-state index contributed by atoms with van der Waals surface area (Å²) in [6.07, 6.45) is 10.1. The molecule has 38 heavy (non-hydrogen) atoms. The summed E-state index contributed by atoms with van der Waals surface area (Å²) in [6, 6.07) is 17.6. The summed E-state index contributed by atoms with van der Waals surface area (Å²) in [5.74, 6) is 0. The van der Waals surface area contributed by atoms with Gasteiger partial charge in [0.25, 0.3) is 0 Å². The van der Waals surface area contributed by atoms with Gasteiger partial charge < -0.3 is 19.3 Å². The van der Waals surface area contributed by atoms with Crippen LogP contribution in [0.1, 0.15) is 90.2 Å². The second kappa shape index (κ2) is 21.1. The first kappa shape index (κ1) is 32.5. The Bertz CT molecular complexity index is 755. The van der Waals surface area contributed by atoms with E-state index in [0.717, 1.165) is 26.3 Å². The number of unbranched alkanes of at least 4 members (excludes halogenated alkanes) is 4. The third-order valence-electron chi connectivity index (χ3n) is 7.14. The molecular weight excluding hydrogens is 468 g/mol. The quantitative estimate of drug-likeness (QED) is 0.137. The Hall–Kier alpha value is -1.72. The van der Waals surface area contributed by atoms with Crippen LogP contribution in [-0.2, 0) is 22.7 Å². The topological polar surface area (TPSA) is 24.9 Å². The molecule has 2 aromatic carbocycles. The van der Waals surface area contributed by atoms with E-state index in [-0.39, 0.29) is 0 Å². The normalized spacial score (nSPS) is 11.6. The number of hydrogen-bond acceptors (Lipinski definition) is 4. The van der Waals surface area contributed by atoms with Crippen molar-refractivity contribution in [2.45, 2.75) is 92.3 Å². The molecule has 0 radical (unpaired) electrons. The van der Waals surface area contributed by atoms with Gasteiger partial charge in [-0.25, -0.2) is 0 Å². The number of nitrogens with zero attached hydrogens (tertiary/aromatic N) is 2. The van der Waals surface area contributed by atoms with Crippen molar-refractivity contribution in [3.8, 4) is 11.1 Å². The molecule has 0 aliphatic carbocycles. The highest BCUT2D eigenvalue weighted by Crippen LogP contribution is 2.22. The minimum atomic E-state index is 0.665. The van der Waals surface area contributed by atoms with E-state index in [0.29, 0.717) is 13.2 Å². The predicted molar refractivity (Wildman–Crippen MR) is 164 cm³/mol. The molecule has 0 unspecified atom stereocenters. The van der Waals surface area contributed by atoms with E-state index in [9.17, 15) is 0 Å².